The third kappa shape index (κ3) is 3.07. The van der Waals surface area contributed by atoms with Crippen LogP contribution in [0.15, 0.2) is 61.1 Å². The van der Waals surface area contributed by atoms with Crippen LogP contribution in [-0.4, -0.2) is 51.7 Å². The number of aromatic amines is 2. The molecule has 4 aromatic heterocycles. The zero-order valence-corrected chi connectivity index (χ0v) is 19.1. The van der Waals surface area contributed by atoms with Crippen molar-refractivity contribution in [3.63, 3.8) is 0 Å². The highest BCUT2D eigenvalue weighted by atomic mass is 16.5. The zero-order valence-electron chi connectivity index (χ0n) is 19.1. The summed E-state index contributed by atoms with van der Waals surface area (Å²) in [5.74, 6) is 0.0884. The Hall–Kier alpha value is -4.43. The second kappa shape index (κ2) is 8.11. The zero-order chi connectivity index (χ0) is 24.1. The van der Waals surface area contributed by atoms with Gasteiger partial charge in [0, 0.05) is 16.3 Å². The van der Waals surface area contributed by atoms with Crippen molar-refractivity contribution >= 4 is 49.4 Å². The lowest BCUT2D eigenvalue weighted by Gasteiger charge is -2.15. The molecule has 35 heavy (non-hydrogen) atoms. The Morgan fingerprint density at radius 1 is 0.886 bits per heavy atom. The Morgan fingerprint density at radius 2 is 1.63 bits per heavy atom. The minimum Gasteiger partial charge on any atom is -0.494 e. The fourth-order valence-corrected chi connectivity index (χ4v) is 4.97. The smallest absolute Gasteiger partial charge is 0.193 e. The number of pyridine rings is 2. The van der Waals surface area contributed by atoms with Crippen molar-refractivity contribution < 1.29 is 19.4 Å². The lowest BCUT2D eigenvalue weighted by molar-refractivity contribution is 0.0919. The standard InChI is InChI=1S/C27H22N4O4/c1-34-20-11-28-10-19-22(20)16-8-5-7-14(24(16)31-19)17(13-32)27(33)26-25-23(21(35-2)12-29-26)15-6-3-4-9-18(15)30-25/h3-12,17,30-32H,13H2,1-2H3. The van der Waals surface area contributed by atoms with Crippen molar-refractivity contribution in [1.82, 2.24) is 19.9 Å². The fourth-order valence-electron chi connectivity index (χ4n) is 4.97. The molecule has 0 saturated heterocycles. The summed E-state index contributed by atoms with van der Waals surface area (Å²) < 4.78 is 11.1. The lowest BCUT2D eigenvalue weighted by Crippen LogP contribution is -2.19. The number of carbonyl (C=O) groups excluding carboxylic acids is 1. The van der Waals surface area contributed by atoms with E-state index >= 15 is 0 Å². The SMILES string of the molecule is COc1cncc2[nH]c3c(C(CO)C(=O)c4ncc(OC)c5c4[nH]c4ccccc45)cccc3c12. The van der Waals surface area contributed by atoms with Crippen LogP contribution < -0.4 is 9.47 Å². The van der Waals surface area contributed by atoms with Gasteiger partial charge in [0.1, 0.15) is 17.2 Å². The average molecular weight is 466 g/mol. The Balaban J connectivity index is 1.56. The number of para-hydroxylation sites is 2. The Labute approximate surface area is 199 Å². The maximum Gasteiger partial charge on any atom is 0.193 e. The van der Waals surface area contributed by atoms with E-state index in [4.69, 9.17) is 9.47 Å². The number of nitrogens with zero attached hydrogens (tertiary/aromatic N) is 2. The van der Waals surface area contributed by atoms with Crippen molar-refractivity contribution in [2.45, 2.75) is 5.92 Å². The molecule has 174 valence electrons. The molecule has 0 amide bonds. The van der Waals surface area contributed by atoms with E-state index in [9.17, 15) is 9.90 Å². The number of ketones is 1. The van der Waals surface area contributed by atoms with Gasteiger partial charge in [-0.2, -0.15) is 0 Å². The number of carbonyl (C=O) groups is 1. The van der Waals surface area contributed by atoms with E-state index < -0.39 is 5.92 Å². The first kappa shape index (κ1) is 21.1. The van der Waals surface area contributed by atoms with Crippen LogP contribution in [0, 0.1) is 0 Å². The molecule has 0 aliphatic carbocycles. The number of benzene rings is 2. The monoisotopic (exact) mass is 466 g/mol. The number of ether oxygens (including phenoxy) is 2. The van der Waals surface area contributed by atoms with Crippen LogP contribution in [0.3, 0.4) is 0 Å². The van der Waals surface area contributed by atoms with Gasteiger partial charge in [-0.1, -0.05) is 36.4 Å². The number of aromatic nitrogens is 4. The third-order valence-corrected chi connectivity index (χ3v) is 6.58. The van der Waals surface area contributed by atoms with Gasteiger partial charge in [0.05, 0.1) is 72.7 Å². The second-order valence-corrected chi connectivity index (χ2v) is 8.35. The quantitative estimate of drug-likeness (QED) is 0.306. The highest BCUT2D eigenvalue weighted by Gasteiger charge is 2.29. The lowest BCUT2D eigenvalue weighted by atomic mass is 9.91. The van der Waals surface area contributed by atoms with E-state index in [1.54, 1.807) is 32.8 Å². The molecule has 1 atom stereocenters. The van der Waals surface area contributed by atoms with Gasteiger partial charge in [-0.3, -0.25) is 9.78 Å². The molecule has 0 spiro atoms. The molecule has 8 nitrogen and oxygen atoms in total. The molecule has 6 rings (SSSR count). The molecule has 8 heteroatoms. The van der Waals surface area contributed by atoms with Crippen molar-refractivity contribution in [2.75, 3.05) is 20.8 Å². The summed E-state index contributed by atoms with van der Waals surface area (Å²) in [6, 6.07) is 13.5. The van der Waals surface area contributed by atoms with Gasteiger partial charge in [-0.25, -0.2) is 4.98 Å². The maximum absolute atomic E-state index is 13.9. The van der Waals surface area contributed by atoms with Crippen LogP contribution in [0.1, 0.15) is 22.0 Å². The Bertz CT molecular complexity index is 1750. The van der Waals surface area contributed by atoms with Crippen LogP contribution in [-0.2, 0) is 0 Å². The van der Waals surface area contributed by atoms with Gasteiger partial charge in [-0.15, -0.1) is 0 Å². The van der Waals surface area contributed by atoms with Crippen LogP contribution in [0.5, 0.6) is 11.5 Å². The average Bonchev–Trinajstić information content (AvgIpc) is 3.48. The minimum absolute atomic E-state index is 0.253. The molecule has 1 unspecified atom stereocenters. The number of hydrogen-bond acceptors (Lipinski definition) is 6. The van der Waals surface area contributed by atoms with E-state index in [1.165, 1.54) is 0 Å². The predicted octanol–water partition coefficient (Wildman–Crippen LogP) is 4.72. The van der Waals surface area contributed by atoms with E-state index in [2.05, 4.69) is 19.9 Å². The molecule has 0 aliphatic rings. The molecule has 0 fully saturated rings. The van der Waals surface area contributed by atoms with Crippen LogP contribution in [0.25, 0.3) is 43.6 Å². The summed E-state index contributed by atoms with van der Waals surface area (Å²) in [5.41, 5.74) is 3.93. The van der Waals surface area contributed by atoms with Gasteiger partial charge in [0.2, 0.25) is 0 Å². The number of Topliss-reactive ketones (excluding diaryl/α,β-unsaturated/α-hetero) is 1. The fraction of sp³-hybridized carbons (Fsp3) is 0.148. The first-order valence-electron chi connectivity index (χ1n) is 11.2. The number of fused-ring (bicyclic) bond motifs is 6. The van der Waals surface area contributed by atoms with E-state index in [-0.39, 0.29) is 18.1 Å². The number of aliphatic hydroxyl groups excluding tert-OH is 1. The number of methoxy groups -OCH3 is 2. The predicted molar refractivity (Wildman–Crippen MR) is 134 cm³/mol. The molecule has 3 N–H and O–H groups in total. The van der Waals surface area contributed by atoms with Gasteiger partial charge in [-0.05, 0) is 11.6 Å². The third-order valence-electron chi connectivity index (χ3n) is 6.58. The maximum atomic E-state index is 13.9. The van der Waals surface area contributed by atoms with E-state index in [0.29, 0.717) is 22.6 Å². The summed E-state index contributed by atoms with van der Waals surface area (Å²) in [6.07, 6.45) is 4.94. The summed E-state index contributed by atoms with van der Waals surface area (Å²) >= 11 is 0. The summed E-state index contributed by atoms with van der Waals surface area (Å²) in [4.78, 5) is 29.3. The first-order chi connectivity index (χ1) is 17.2. The first-order valence-corrected chi connectivity index (χ1v) is 11.2. The minimum atomic E-state index is -0.832. The summed E-state index contributed by atoms with van der Waals surface area (Å²) in [6.45, 7) is -0.377. The van der Waals surface area contributed by atoms with Crippen LogP contribution in [0.4, 0.5) is 0 Å². The molecule has 0 radical (unpaired) electrons. The molecule has 0 bridgehead atoms. The molecule has 0 saturated carbocycles. The van der Waals surface area contributed by atoms with Crippen molar-refractivity contribution in [1.29, 1.82) is 0 Å². The molecule has 0 aliphatic heterocycles. The number of aliphatic hydroxyl groups is 1. The molecular formula is C27H22N4O4. The van der Waals surface area contributed by atoms with Gasteiger partial charge < -0.3 is 24.5 Å². The molecular weight excluding hydrogens is 444 g/mol. The number of hydrogen-bond donors (Lipinski definition) is 3. The number of rotatable bonds is 6. The molecule has 4 heterocycles. The Morgan fingerprint density at radius 3 is 2.43 bits per heavy atom. The topological polar surface area (TPSA) is 113 Å². The normalized spacial score (nSPS) is 12.5. The molecule has 6 aromatic rings. The number of nitrogens with one attached hydrogen (secondary N) is 2. The summed E-state index contributed by atoms with van der Waals surface area (Å²) in [7, 11) is 3.18. The van der Waals surface area contributed by atoms with Crippen molar-refractivity contribution in [3.8, 4) is 11.5 Å². The van der Waals surface area contributed by atoms with Crippen LogP contribution >= 0.6 is 0 Å². The largest absolute Gasteiger partial charge is 0.494 e. The highest BCUT2D eigenvalue weighted by molar-refractivity contribution is 6.18. The van der Waals surface area contributed by atoms with Crippen molar-refractivity contribution in [3.05, 3.63) is 72.3 Å². The van der Waals surface area contributed by atoms with Gasteiger partial charge in [0.15, 0.2) is 5.78 Å². The molecule has 2 aromatic carbocycles. The van der Waals surface area contributed by atoms with Gasteiger partial charge in [0.25, 0.3) is 0 Å². The Kier molecular flexibility index (Phi) is 4.89. The number of H-pyrrole nitrogens is 2. The second-order valence-electron chi connectivity index (χ2n) is 8.35. The van der Waals surface area contributed by atoms with Crippen LogP contribution in [0.2, 0.25) is 0 Å². The highest BCUT2D eigenvalue weighted by Crippen LogP contribution is 2.38. The van der Waals surface area contributed by atoms with Gasteiger partial charge >= 0.3 is 0 Å². The van der Waals surface area contributed by atoms with E-state index in [1.807, 2.05) is 42.5 Å². The van der Waals surface area contributed by atoms with Crippen molar-refractivity contribution in [2.24, 2.45) is 0 Å². The van der Waals surface area contributed by atoms with E-state index in [0.717, 1.165) is 38.1 Å². The summed E-state index contributed by atoms with van der Waals surface area (Å²) in [5, 5.41) is 13.9.